The molecule has 3 aliphatic rings. The fourth-order valence-electron chi connectivity index (χ4n) is 4.67. The Bertz CT molecular complexity index is 724. The fraction of sp³-hybridized carbons (Fsp3) is 0.880. The van der Waals surface area contributed by atoms with E-state index in [-0.39, 0.29) is 19.2 Å². The van der Waals surface area contributed by atoms with Crippen LogP contribution in [0.25, 0.3) is 0 Å². The molecule has 1 spiro atoms. The highest BCUT2D eigenvalue weighted by Crippen LogP contribution is 2.45. The Kier molecular flexibility index (Phi) is 10.2. The first kappa shape index (κ1) is 29.0. The van der Waals surface area contributed by atoms with Gasteiger partial charge in [0.25, 0.3) is 0 Å². The number of hydrogen-bond acceptors (Lipinski definition) is 7. The Morgan fingerprint density at radius 1 is 0.943 bits per heavy atom. The highest BCUT2D eigenvalue weighted by Gasteiger charge is 2.55. The second-order valence-corrected chi connectivity index (χ2v) is 23.7. The highest BCUT2D eigenvalue weighted by atomic mass is 28.3. The van der Waals surface area contributed by atoms with Gasteiger partial charge in [-0.25, -0.2) is 4.79 Å². The monoisotopic (exact) mass is 530 g/mol. The Hall–Kier alpha value is -0.596. The number of ether oxygens (including phenoxy) is 6. The van der Waals surface area contributed by atoms with Gasteiger partial charge >= 0.3 is 5.97 Å². The summed E-state index contributed by atoms with van der Waals surface area (Å²) in [5.41, 5.74) is 0.128. The summed E-state index contributed by atoms with van der Waals surface area (Å²) >= 11 is 0. The Morgan fingerprint density at radius 3 is 2.06 bits per heavy atom. The standard InChI is InChI=1S/C25H46O8Si2/c1-34(2,3)14-12-28-17-30-21-19(24(26)27)16-20-22(33-25(32-20)10-8-7-9-11-25)23(21)31-18-29-13-15-35(4,5)6/h16,20-23H,7-15,17-18H2,1-6H3,(H,26,27)/t20-,21-,22-,23-/m1/s1. The van der Waals surface area contributed by atoms with Crippen molar-refractivity contribution < 1.29 is 38.3 Å². The molecule has 0 aromatic carbocycles. The van der Waals surface area contributed by atoms with Gasteiger partial charge in [0.15, 0.2) is 5.79 Å². The average molecular weight is 531 g/mol. The van der Waals surface area contributed by atoms with Crippen LogP contribution in [0, 0.1) is 0 Å². The van der Waals surface area contributed by atoms with E-state index < -0.39 is 52.3 Å². The minimum absolute atomic E-state index is 0.000501. The normalized spacial score (nSPS) is 28.7. The van der Waals surface area contributed by atoms with E-state index in [4.69, 9.17) is 28.4 Å². The van der Waals surface area contributed by atoms with Crippen molar-refractivity contribution in [3.8, 4) is 0 Å². The van der Waals surface area contributed by atoms with Crippen LogP contribution in [-0.2, 0) is 33.2 Å². The van der Waals surface area contributed by atoms with Crippen LogP contribution in [0.2, 0.25) is 51.4 Å². The number of rotatable bonds is 13. The fourth-order valence-corrected chi connectivity index (χ4v) is 6.18. The van der Waals surface area contributed by atoms with E-state index >= 15 is 0 Å². The molecule has 35 heavy (non-hydrogen) atoms. The first-order valence-electron chi connectivity index (χ1n) is 13.1. The van der Waals surface area contributed by atoms with Crippen LogP contribution >= 0.6 is 0 Å². The maximum atomic E-state index is 12.2. The van der Waals surface area contributed by atoms with Crippen molar-refractivity contribution in [2.75, 3.05) is 26.8 Å². The minimum Gasteiger partial charge on any atom is -0.478 e. The van der Waals surface area contributed by atoms with Gasteiger partial charge in [-0.05, 0) is 31.0 Å². The van der Waals surface area contributed by atoms with Gasteiger partial charge in [-0.3, -0.25) is 0 Å². The molecule has 0 radical (unpaired) electrons. The first-order valence-corrected chi connectivity index (χ1v) is 20.5. The van der Waals surface area contributed by atoms with Crippen molar-refractivity contribution in [3.63, 3.8) is 0 Å². The maximum Gasteiger partial charge on any atom is 0.334 e. The minimum atomic E-state index is -1.23. The van der Waals surface area contributed by atoms with E-state index in [2.05, 4.69) is 39.3 Å². The topological polar surface area (TPSA) is 92.7 Å². The predicted molar refractivity (Wildman–Crippen MR) is 139 cm³/mol. The van der Waals surface area contributed by atoms with E-state index in [1.807, 2.05) is 0 Å². The molecule has 4 atom stereocenters. The molecule has 3 rings (SSSR count). The molecular weight excluding hydrogens is 484 g/mol. The molecule has 1 saturated heterocycles. The Morgan fingerprint density at radius 2 is 1.51 bits per heavy atom. The van der Waals surface area contributed by atoms with Crippen LogP contribution in [0.3, 0.4) is 0 Å². The summed E-state index contributed by atoms with van der Waals surface area (Å²) in [5.74, 6) is -1.71. The molecule has 2 aliphatic carbocycles. The number of fused-ring (bicyclic) bond motifs is 1. The van der Waals surface area contributed by atoms with Crippen LogP contribution in [0.5, 0.6) is 0 Å². The summed E-state index contributed by atoms with van der Waals surface area (Å²) in [6, 6.07) is 2.04. The molecule has 1 heterocycles. The SMILES string of the molecule is C[Si](C)(C)CCOCO[C@H]1[C@@H]2OC3(CCCCC3)O[C@@H]2C=C(C(=O)O)[C@H]1OCOCC[Si](C)(C)C. The predicted octanol–water partition coefficient (Wildman–Crippen LogP) is 4.85. The zero-order valence-corrected chi connectivity index (χ0v) is 24.5. The van der Waals surface area contributed by atoms with Crippen LogP contribution < -0.4 is 0 Å². The zero-order valence-electron chi connectivity index (χ0n) is 22.5. The number of carboxylic acid groups (broad SMARTS) is 1. The summed E-state index contributed by atoms with van der Waals surface area (Å²) in [6.45, 7) is 15.0. The molecule has 0 aromatic heterocycles. The van der Waals surface area contributed by atoms with Crippen LogP contribution in [0.1, 0.15) is 32.1 Å². The summed E-state index contributed by atoms with van der Waals surface area (Å²) in [7, 11) is -2.46. The third-order valence-corrected chi connectivity index (χ3v) is 10.2. The van der Waals surface area contributed by atoms with E-state index in [0.717, 1.165) is 44.2 Å². The van der Waals surface area contributed by atoms with Gasteiger partial charge in [0, 0.05) is 42.2 Å². The lowest BCUT2D eigenvalue weighted by molar-refractivity contribution is -0.222. The molecule has 1 aliphatic heterocycles. The number of carboxylic acids is 1. The summed E-state index contributed by atoms with van der Waals surface area (Å²) in [4.78, 5) is 12.2. The highest BCUT2D eigenvalue weighted by molar-refractivity contribution is 6.76. The van der Waals surface area contributed by atoms with Gasteiger partial charge in [0.05, 0.1) is 5.57 Å². The molecule has 0 amide bonds. The van der Waals surface area contributed by atoms with E-state index in [0.29, 0.717) is 13.2 Å². The van der Waals surface area contributed by atoms with E-state index in [1.54, 1.807) is 6.08 Å². The summed E-state index contributed by atoms with van der Waals surface area (Å²) in [6.07, 6.45) is 4.05. The van der Waals surface area contributed by atoms with Gasteiger partial charge in [-0.1, -0.05) is 45.7 Å². The van der Waals surface area contributed by atoms with Crippen LogP contribution in [-0.4, -0.2) is 84.2 Å². The molecule has 0 bridgehead atoms. The Balaban J connectivity index is 1.70. The molecule has 1 saturated carbocycles. The lowest BCUT2D eigenvalue weighted by Gasteiger charge is -2.36. The van der Waals surface area contributed by atoms with Crippen molar-refractivity contribution in [3.05, 3.63) is 11.6 Å². The third kappa shape index (κ3) is 8.74. The number of hydrogen-bond donors (Lipinski definition) is 1. The molecular formula is C25H46O8Si2. The van der Waals surface area contributed by atoms with Gasteiger partial charge in [-0.2, -0.15) is 0 Å². The van der Waals surface area contributed by atoms with Crippen molar-refractivity contribution in [2.24, 2.45) is 0 Å². The van der Waals surface area contributed by atoms with Crippen molar-refractivity contribution in [2.45, 2.75) is 114 Å². The second-order valence-electron chi connectivity index (χ2n) is 12.5. The largest absolute Gasteiger partial charge is 0.478 e. The number of carbonyl (C=O) groups is 1. The number of aliphatic carboxylic acids is 1. The van der Waals surface area contributed by atoms with Crippen molar-refractivity contribution in [1.29, 1.82) is 0 Å². The molecule has 1 N–H and O–H groups in total. The molecule has 0 unspecified atom stereocenters. The lowest BCUT2D eigenvalue weighted by atomic mass is 9.89. The van der Waals surface area contributed by atoms with Gasteiger partial charge < -0.3 is 33.5 Å². The lowest BCUT2D eigenvalue weighted by Crippen LogP contribution is -2.51. The zero-order chi connectivity index (χ0) is 25.7. The quantitative estimate of drug-likeness (QED) is 0.205. The second kappa shape index (κ2) is 12.3. The molecule has 2 fully saturated rings. The molecule has 0 aromatic rings. The van der Waals surface area contributed by atoms with Crippen molar-refractivity contribution >= 4 is 22.1 Å². The Labute approximate surface area is 212 Å². The van der Waals surface area contributed by atoms with Crippen LogP contribution in [0.15, 0.2) is 11.6 Å². The van der Waals surface area contributed by atoms with E-state index in [9.17, 15) is 9.90 Å². The first-order chi connectivity index (χ1) is 16.4. The van der Waals surface area contributed by atoms with Crippen molar-refractivity contribution in [1.82, 2.24) is 0 Å². The van der Waals surface area contributed by atoms with Gasteiger partial charge in [0.1, 0.15) is 38.0 Å². The average Bonchev–Trinajstić information content (AvgIpc) is 3.09. The summed E-state index contributed by atoms with van der Waals surface area (Å²) < 4.78 is 36.5. The maximum absolute atomic E-state index is 12.2. The molecule has 202 valence electrons. The molecule has 10 heteroatoms. The van der Waals surface area contributed by atoms with Gasteiger partial charge in [0.2, 0.25) is 0 Å². The third-order valence-electron chi connectivity index (χ3n) is 6.83. The summed E-state index contributed by atoms with van der Waals surface area (Å²) in [5, 5.41) is 9.99. The van der Waals surface area contributed by atoms with Crippen LogP contribution in [0.4, 0.5) is 0 Å². The van der Waals surface area contributed by atoms with E-state index in [1.165, 1.54) is 0 Å². The smallest absolute Gasteiger partial charge is 0.334 e. The van der Waals surface area contributed by atoms with Gasteiger partial charge in [-0.15, -0.1) is 0 Å². The molecule has 8 nitrogen and oxygen atoms in total.